The van der Waals surface area contributed by atoms with E-state index in [9.17, 15) is 9.59 Å². The van der Waals surface area contributed by atoms with E-state index in [1.807, 2.05) is 36.1 Å². The number of amides is 1. The second-order valence-corrected chi connectivity index (χ2v) is 9.67. The minimum atomic E-state index is -0.591. The first-order valence-corrected chi connectivity index (χ1v) is 12.1. The number of hydrogen-bond donors (Lipinski definition) is 0. The van der Waals surface area contributed by atoms with Crippen LogP contribution in [0.2, 0.25) is 0 Å². The smallest absolute Gasteiger partial charge is 0.235 e. The normalized spacial score (nSPS) is 14.2. The Bertz CT molecular complexity index is 1120. The number of hydrogen-bond acceptors (Lipinski definition) is 7. The van der Waals surface area contributed by atoms with Crippen LogP contribution in [0.5, 0.6) is 5.75 Å². The molecule has 3 aromatic rings. The van der Waals surface area contributed by atoms with Gasteiger partial charge in [-0.25, -0.2) is 4.98 Å². The molecular formula is C25H29N3O4S. The van der Waals surface area contributed by atoms with E-state index < -0.39 is 5.41 Å². The lowest BCUT2D eigenvalue weighted by molar-refractivity contribution is -0.134. The zero-order valence-electron chi connectivity index (χ0n) is 19.3. The predicted octanol–water partition coefficient (Wildman–Crippen LogP) is 4.52. The Morgan fingerprint density at radius 2 is 2.06 bits per heavy atom. The summed E-state index contributed by atoms with van der Waals surface area (Å²) in [6.07, 6.45) is 6.38. The molecule has 1 fully saturated rings. The molecule has 174 valence electrons. The molecule has 0 aliphatic heterocycles. The van der Waals surface area contributed by atoms with E-state index in [1.54, 1.807) is 13.3 Å². The van der Waals surface area contributed by atoms with Gasteiger partial charge in [-0.1, -0.05) is 6.92 Å². The zero-order chi connectivity index (χ0) is 23.4. The van der Waals surface area contributed by atoms with Gasteiger partial charge in [-0.05, 0) is 50.5 Å². The first-order valence-electron chi connectivity index (χ1n) is 11.3. The van der Waals surface area contributed by atoms with Crippen molar-refractivity contribution in [3.63, 3.8) is 0 Å². The summed E-state index contributed by atoms with van der Waals surface area (Å²) in [6, 6.07) is 7.75. The number of methoxy groups -OCH3 is 1. The van der Waals surface area contributed by atoms with Gasteiger partial charge in [0.1, 0.15) is 28.0 Å². The first-order chi connectivity index (χ1) is 16.0. The van der Waals surface area contributed by atoms with E-state index in [-0.39, 0.29) is 5.91 Å². The van der Waals surface area contributed by atoms with Crippen LogP contribution in [0.4, 0.5) is 0 Å². The Morgan fingerprint density at radius 3 is 2.64 bits per heavy atom. The van der Waals surface area contributed by atoms with E-state index in [4.69, 9.17) is 9.15 Å². The van der Waals surface area contributed by atoms with Gasteiger partial charge in [0.15, 0.2) is 6.29 Å². The van der Waals surface area contributed by atoms with Crippen LogP contribution in [-0.4, -0.2) is 40.7 Å². The van der Waals surface area contributed by atoms with Crippen molar-refractivity contribution in [3.8, 4) is 5.75 Å². The quantitative estimate of drug-likeness (QED) is 0.386. The molecule has 0 bridgehead atoms. The SMILES string of the molecule is CCc1ccc(CCCN(Cc2nc(C=O)c(C)s2)C(=O)C2(c3ccc(OC)cn3)CC2)o1. The molecule has 0 radical (unpaired) electrons. The lowest BCUT2D eigenvalue weighted by atomic mass is 9.99. The van der Waals surface area contributed by atoms with Gasteiger partial charge in [-0.15, -0.1) is 11.3 Å². The number of furan rings is 1. The van der Waals surface area contributed by atoms with Gasteiger partial charge < -0.3 is 14.1 Å². The monoisotopic (exact) mass is 467 g/mol. The number of aldehydes is 1. The molecule has 0 aromatic carbocycles. The zero-order valence-corrected chi connectivity index (χ0v) is 20.1. The van der Waals surface area contributed by atoms with Crippen LogP contribution < -0.4 is 4.74 Å². The number of ether oxygens (including phenoxy) is 1. The lowest BCUT2D eigenvalue weighted by Crippen LogP contribution is -2.40. The molecular weight excluding hydrogens is 438 g/mol. The van der Waals surface area contributed by atoms with Crippen molar-refractivity contribution in [2.75, 3.05) is 13.7 Å². The standard InChI is InChI=1S/C25H29N3O4S/c1-4-18-7-8-19(32-18)6-5-13-28(15-23-27-21(16-29)17(2)33-23)24(30)25(11-12-25)22-10-9-20(31-3)14-26-22/h7-10,14,16H,4-6,11-13,15H2,1-3H3. The molecule has 0 atom stereocenters. The largest absolute Gasteiger partial charge is 0.495 e. The average molecular weight is 468 g/mol. The third-order valence-electron chi connectivity index (χ3n) is 6.14. The van der Waals surface area contributed by atoms with E-state index in [0.717, 1.165) is 65.5 Å². The number of pyridine rings is 1. The number of nitrogens with zero attached hydrogens (tertiary/aromatic N) is 3. The molecule has 1 aliphatic carbocycles. The molecule has 4 rings (SSSR count). The van der Waals surface area contributed by atoms with Gasteiger partial charge in [-0.2, -0.15) is 0 Å². The molecule has 0 N–H and O–H groups in total. The van der Waals surface area contributed by atoms with E-state index in [0.29, 0.717) is 24.5 Å². The van der Waals surface area contributed by atoms with Crippen LogP contribution in [0.1, 0.15) is 63.8 Å². The highest BCUT2D eigenvalue weighted by Crippen LogP contribution is 2.49. The number of aromatic nitrogens is 2. The van der Waals surface area contributed by atoms with E-state index >= 15 is 0 Å². The van der Waals surface area contributed by atoms with Crippen LogP contribution in [0, 0.1) is 6.92 Å². The maximum atomic E-state index is 13.8. The van der Waals surface area contributed by atoms with Gasteiger partial charge in [0.05, 0.1) is 31.0 Å². The van der Waals surface area contributed by atoms with Crippen LogP contribution in [-0.2, 0) is 29.6 Å². The van der Waals surface area contributed by atoms with E-state index in [1.165, 1.54) is 11.3 Å². The molecule has 3 heterocycles. The lowest BCUT2D eigenvalue weighted by Gasteiger charge is -2.26. The van der Waals surface area contributed by atoms with Gasteiger partial charge >= 0.3 is 0 Å². The number of rotatable bonds is 11. The average Bonchev–Trinajstić information content (AvgIpc) is 3.39. The minimum Gasteiger partial charge on any atom is -0.495 e. The Kier molecular flexibility index (Phi) is 6.93. The highest BCUT2D eigenvalue weighted by molar-refractivity contribution is 7.11. The maximum Gasteiger partial charge on any atom is 0.235 e. The molecule has 8 heteroatoms. The molecule has 0 saturated heterocycles. The highest BCUT2D eigenvalue weighted by atomic mass is 32.1. The van der Waals surface area contributed by atoms with Crippen molar-refractivity contribution in [2.45, 2.75) is 57.9 Å². The summed E-state index contributed by atoms with van der Waals surface area (Å²) in [5, 5.41) is 0.771. The van der Waals surface area contributed by atoms with Gasteiger partial charge in [0.25, 0.3) is 0 Å². The van der Waals surface area contributed by atoms with Crippen molar-refractivity contribution in [3.05, 3.63) is 63.3 Å². The Balaban J connectivity index is 1.52. The van der Waals surface area contributed by atoms with Crippen molar-refractivity contribution < 1.29 is 18.7 Å². The number of aryl methyl sites for hydroxylation is 3. The number of carbonyl (C=O) groups is 2. The Labute approximate surface area is 197 Å². The van der Waals surface area contributed by atoms with Gasteiger partial charge in [0, 0.05) is 24.3 Å². The van der Waals surface area contributed by atoms with Crippen molar-refractivity contribution in [2.24, 2.45) is 0 Å². The molecule has 1 aliphatic rings. The number of thiazole rings is 1. The molecule has 33 heavy (non-hydrogen) atoms. The molecule has 1 saturated carbocycles. The van der Waals surface area contributed by atoms with Gasteiger partial charge in [0.2, 0.25) is 5.91 Å². The predicted molar refractivity (Wildman–Crippen MR) is 126 cm³/mol. The summed E-state index contributed by atoms with van der Waals surface area (Å²) >= 11 is 1.47. The Morgan fingerprint density at radius 1 is 1.27 bits per heavy atom. The Hall–Kier alpha value is -3.00. The summed E-state index contributed by atoms with van der Waals surface area (Å²) in [6.45, 7) is 4.90. The summed E-state index contributed by atoms with van der Waals surface area (Å²) in [4.78, 5) is 36.7. The van der Waals surface area contributed by atoms with Crippen LogP contribution >= 0.6 is 11.3 Å². The minimum absolute atomic E-state index is 0.0642. The molecule has 0 spiro atoms. The van der Waals surface area contributed by atoms with Crippen LogP contribution in [0.25, 0.3) is 0 Å². The van der Waals surface area contributed by atoms with Crippen molar-refractivity contribution in [1.82, 2.24) is 14.9 Å². The molecule has 3 aromatic heterocycles. The second kappa shape index (κ2) is 9.87. The third kappa shape index (κ3) is 5.00. The summed E-state index contributed by atoms with van der Waals surface area (Å²) in [5.74, 6) is 2.64. The molecule has 0 unspecified atom stereocenters. The van der Waals surface area contributed by atoms with E-state index in [2.05, 4.69) is 16.9 Å². The van der Waals surface area contributed by atoms with Crippen molar-refractivity contribution >= 4 is 23.5 Å². The molecule has 1 amide bonds. The fourth-order valence-corrected chi connectivity index (χ4v) is 4.96. The van der Waals surface area contributed by atoms with Crippen LogP contribution in [0.15, 0.2) is 34.9 Å². The first kappa shape index (κ1) is 23.2. The van der Waals surface area contributed by atoms with Crippen LogP contribution in [0.3, 0.4) is 0 Å². The maximum absolute atomic E-state index is 13.8. The van der Waals surface area contributed by atoms with Gasteiger partial charge in [-0.3, -0.25) is 14.6 Å². The topological polar surface area (TPSA) is 85.5 Å². The fourth-order valence-electron chi connectivity index (χ4n) is 4.04. The van der Waals surface area contributed by atoms with Crippen molar-refractivity contribution in [1.29, 1.82) is 0 Å². The fraction of sp³-hybridized carbons (Fsp3) is 0.440. The third-order valence-corrected chi connectivity index (χ3v) is 7.11. The highest BCUT2D eigenvalue weighted by Gasteiger charge is 2.54. The summed E-state index contributed by atoms with van der Waals surface area (Å²) in [7, 11) is 1.60. The molecule has 7 nitrogen and oxygen atoms in total. The summed E-state index contributed by atoms with van der Waals surface area (Å²) < 4.78 is 11.0. The number of carbonyl (C=O) groups excluding carboxylic acids is 2. The summed E-state index contributed by atoms with van der Waals surface area (Å²) in [5.41, 5.74) is 0.635. The second-order valence-electron chi connectivity index (χ2n) is 8.38.